The van der Waals surface area contributed by atoms with Gasteiger partial charge >= 0.3 is 0 Å². The maximum atomic E-state index is 13.4. The first-order valence-electron chi connectivity index (χ1n) is 6.52. The fraction of sp³-hybridized carbons (Fsp3) is 0.250. The van der Waals surface area contributed by atoms with Crippen molar-refractivity contribution in [1.29, 1.82) is 0 Å². The van der Waals surface area contributed by atoms with Crippen LogP contribution in [0.3, 0.4) is 0 Å². The smallest absolute Gasteiger partial charge is 0.126 e. The van der Waals surface area contributed by atoms with E-state index in [2.05, 4.69) is 21.2 Å². The third-order valence-electron chi connectivity index (χ3n) is 3.07. The van der Waals surface area contributed by atoms with Crippen molar-refractivity contribution < 1.29 is 8.78 Å². The summed E-state index contributed by atoms with van der Waals surface area (Å²) >= 11 is 3.43. The van der Waals surface area contributed by atoms with Crippen molar-refractivity contribution in [1.82, 2.24) is 5.32 Å². The first-order chi connectivity index (χ1) is 9.58. The highest BCUT2D eigenvalue weighted by atomic mass is 79.9. The van der Waals surface area contributed by atoms with Crippen molar-refractivity contribution in [3.05, 3.63) is 69.7 Å². The van der Waals surface area contributed by atoms with Gasteiger partial charge in [0.1, 0.15) is 11.6 Å². The number of hydrogen-bond acceptors (Lipinski definition) is 1. The van der Waals surface area contributed by atoms with Crippen molar-refractivity contribution in [2.75, 3.05) is 6.54 Å². The first kappa shape index (κ1) is 15.1. The minimum atomic E-state index is -0.544. The molecule has 0 heterocycles. The summed E-state index contributed by atoms with van der Waals surface area (Å²) in [5, 5.41) is 3.27. The Morgan fingerprint density at radius 1 is 1.10 bits per heavy atom. The van der Waals surface area contributed by atoms with Crippen LogP contribution in [0.4, 0.5) is 8.78 Å². The molecule has 4 heteroatoms. The molecule has 0 spiro atoms. The Labute approximate surface area is 126 Å². The van der Waals surface area contributed by atoms with E-state index in [1.807, 2.05) is 31.2 Å². The third kappa shape index (κ3) is 4.12. The highest BCUT2D eigenvalue weighted by Crippen LogP contribution is 2.22. The number of hydrogen-bond donors (Lipinski definition) is 1. The van der Waals surface area contributed by atoms with E-state index in [-0.39, 0.29) is 6.04 Å². The van der Waals surface area contributed by atoms with Gasteiger partial charge in [-0.1, -0.05) is 35.0 Å². The number of halogens is 3. The van der Waals surface area contributed by atoms with Gasteiger partial charge in [-0.2, -0.15) is 0 Å². The lowest BCUT2D eigenvalue weighted by Gasteiger charge is -2.19. The summed E-state index contributed by atoms with van der Waals surface area (Å²) in [6, 6.07) is 11.5. The van der Waals surface area contributed by atoms with E-state index < -0.39 is 11.6 Å². The largest absolute Gasteiger partial charge is 0.310 e. The second kappa shape index (κ2) is 6.95. The lowest BCUT2D eigenvalue weighted by atomic mass is 9.98. The van der Waals surface area contributed by atoms with E-state index in [1.54, 1.807) is 0 Å². The SMILES string of the molecule is CCNC(Cc1cccc(Br)c1)c1cc(F)cc(F)c1. The van der Waals surface area contributed by atoms with Gasteiger partial charge in [-0.25, -0.2) is 8.78 Å². The predicted molar refractivity (Wildman–Crippen MR) is 80.6 cm³/mol. The Balaban J connectivity index is 2.26. The van der Waals surface area contributed by atoms with Crippen LogP contribution in [0.5, 0.6) is 0 Å². The monoisotopic (exact) mass is 339 g/mol. The van der Waals surface area contributed by atoms with Crippen LogP contribution in [-0.4, -0.2) is 6.54 Å². The molecule has 1 atom stereocenters. The first-order valence-corrected chi connectivity index (χ1v) is 7.31. The predicted octanol–water partition coefficient (Wildman–Crippen LogP) is 4.62. The highest BCUT2D eigenvalue weighted by molar-refractivity contribution is 9.10. The molecule has 2 aromatic rings. The Morgan fingerprint density at radius 3 is 2.40 bits per heavy atom. The number of benzene rings is 2. The van der Waals surface area contributed by atoms with E-state index in [1.165, 1.54) is 12.1 Å². The molecule has 2 aromatic carbocycles. The molecule has 0 amide bonds. The van der Waals surface area contributed by atoms with Crippen LogP contribution in [-0.2, 0) is 6.42 Å². The maximum Gasteiger partial charge on any atom is 0.126 e. The molecule has 0 aliphatic rings. The molecular weight excluding hydrogens is 324 g/mol. The molecule has 0 radical (unpaired) electrons. The average Bonchev–Trinajstić information content (AvgIpc) is 2.37. The molecule has 0 fully saturated rings. The lowest BCUT2D eigenvalue weighted by Crippen LogP contribution is -2.23. The molecule has 106 valence electrons. The molecule has 0 aromatic heterocycles. The fourth-order valence-corrected chi connectivity index (χ4v) is 2.68. The minimum absolute atomic E-state index is 0.112. The van der Waals surface area contributed by atoms with E-state index in [0.717, 1.165) is 22.6 Å². The molecule has 1 nitrogen and oxygen atoms in total. The number of rotatable bonds is 5. The zero-order chi connectivity index (χ0) is 14.5. The van der Waals surface area contributed by atoms with Gasteiger partial charge < -0.3 is 5.32 Å². The zero-order valence-electron chi connectivity index (χ0n) is 11.2. The van der Waals surface area contributed by atoms with Crippen LogP contribution in [0.2, 0.25) is 0 Å². The van der Waals surface area contributed by atoms with Gasteiger partial charge in [-0.15, -0.1) is 0 Å². The van der Waals surface area contributed by atoms with E-state index in [4.69, 9.17) is 0 Å². The van der Waals surface area contributed by atoms with Crippen LogP contribution in [0, 0.1) is 11.6 Å². The van der Waals surface area contributed by atoms with Crippen molar-refractivity contribution >= 4 is 15.9 Å². The molecule has 1 N–H and O–H groups in total. The normalized spacial score (nSPS) is 12.4. The van der Waals surface area contributed by atoms with E-state index in [0.29, 0.717) is 12.0 Å². The Hall–Kier alpha value is -1.26. The molecule has 0 aliphatic carbocycles. The fourth-order valence-electron chi connectivity index (χ4n) is 2.23. The van der Waals surface area contributed by atoms with Crippen molar-refractivity contribution in [3.8, 4) is 0 Å². The summed E-state index contributed by atoms with van der Waals surface area (Å²) in [7, 11) is 0. The van der Waals surface area contributed by atoms with E-state index in [9.17, 15) is 8.78 Å². The van der Waals surface area contributed by atoms with Gasteiger partial charge in [0.2, 0.25) is 0 Å². The molecule has 20 heavy (non-hydrogen) atoms. The summed E-state index contributed by atoms with van der Waals surface area (Å²) in [5.41, 5.74) is 1.74. The maximum absolute atomic E-state index is 13.4. The highest BCUT2D eigenvalue weighted by Gasteiger charge is 2.13. The Kier molecular flexibility index (Phi) is 5.26. The van der Waals surface area contributed by atoms with Gasteiger partial charge in [0.05, 0.1) is 0 Å². The molecule has 0 saturated heterocycles. The van der Waals surface area contributed by atoms with Crippen LogP contribution in [0.15, 0.2) is 46.9 Å². The molecule has 0 aliphatic heterocycles. The van der Waals surface area contributed by atoms with E-state index >= 15 is 0 Å². The Bertz CT molecular complexity index is 566. The molecular formula is C16H16BrF2N. The molecule has 0 saturated carbocycles. The van der Waals surface area contributed by atoms with Crippen LogP contribution in [0.25, 0.3) is 0 Å². The third-order valence-corrected chi connectivity index (χ3v) is 3.56. The summed E-state index contributed by atoms with van der Waals surface area (Å²) in [6.07, 6.45) is 0.677. The summed E-state index contributed by atoms with van der Waals surface area (Å²) < 4.78 is 27.7. The topological polar surface area (TPSA) is 12.0 Å². The average molecular weight is 340 g/mol. The van der Waals surface area contributed by atoms with Crippen LogP contribution < -0.4 is 5.32 Å². The summed E-state index contributed by atoms with van der Waals surface area (Å²) in [5.74, 6) is -1.09. The standard InChI is InChI=1S/C16H16BrF2N/c1-2-20-16(7-11-4-3-5-13(17)6-11)12-8-14(18)10-15(19)9-12/h3-6,8-10,16,20H,2,7H2,1H3. The van der Waals surface area contributed by atoms with Gasteiger partial charge in [-0.3, -0.25) is 0 Å². The van der Waals surface area contributed by atoms with Crippen molar-refractivity contribution in [2.45, 2.75) is 19.4 Å². The molecule has 2 rings (SSSR count). The van der Waals surface area contributed by atoms with Crippen LogP contribution >= 0.6 is 15.9 Å². The van der Waals surface area contributed by atoms with Gasteiger partial charge in [0.25, 0.3) is 0 Å². The number of nitrogens with one attached hydrogen (secondary N) is 1. The van der Waals surface area contributed by atoms with Crippen LogP contribution in [0.1, 0.15) is 24.1 Å². The second-order valence-electron chi connectivity index (χ2n) is 4.65. The van der Waals surface area contributed by atoms with Crippen molar-refractivity contribution in [2.24, 2.45) is 0 Å². The van der Waals surface area contributed by atoms with Gasteiger partial charge in [-0.05, 0) is 48.4 Å². The van der Waals surface area contributed by atoms with Gasteiger partial charge in [0.15, 0.2) is 0 Å². The van der Waals surface area contributed by atoms with Crippen molar-refractivity contribution in [3.63, 3.8) is 0 Å². The second-order valence-corrected chi connectivity index (χ2v) is 5.56. The quantitative estimate of drug-likeness (QED) is 0.837. The Morgan fingerprint density at radius 2 is 1.80 bits per heavy atom. The summed E-state index contributed by atoms with van der Waals surface area (Å²) in [4.78, 5) is 0. The zero-order valence-corrected chi connectivity index (χ0v) is 12.8. The summed E-state index contributed by atoms with van der Waals surface area (Å²) in [6.45, 7) is 2.71. The number of likely N-dealkylation sites (N-methyl/N-ethyl adjacent to an activating group) is 1. The minimum Gasteiger partial charge on any atom is -0.310 e. The molecule has 1 unspecified atom stereocenters. The molecule has 0 bridgehead atoms. The lowest BCUT2D eigenvalue weighted by molar-refractivity contribution is 0.529. The van der Waals surface area contributed by atoms with Gasteiger partial charge in [0, 0.05) is 16.6 Å².